The summed E-state index contributed by atoms with van der Waals surface area (Å²) in [6, 6.07) is 7.71. The van der Waals surface area contributed by atoms with E-state index in [1.54, 1.807) is 0 Å². The van der Waals surface area contributed by atoms with E-state index < -0.39 is 0 Å². The van der Waals surface area contributed by atoms with Gasteiger partial charge in [-0.15, -0.1) is 0 Å². The number of carbonyl (C=O) groups is 1. The van der Waals surface area contributed by atoms with Gasteiger partial charge in [0, 0.05) is 10.4 Å². The molecule has 1 saturated heterocycles. The Kier molecular flexibility index (Phi) is 5.43. The zero-order chi connectivity index (χ0) is 14.5. The van der Waals surface area contributed by atoms with Crippen molar-refractivity contribution in [2.24, 2.45) is 11.8 Å². The average molecular weight is 341 g/mol. The van der Waals surface area contributed by atoms with Gasteiger partial charge >= 0.3 is 0 Å². The first kappa shape index (κ1) is 15.3. The van der Waals surface area contributed by atoms with E-state index in [4.69, 9.17) is 4.74 Å². The van der Waals surface area contributed by atoms with Crippen molar-refractivity contribution in [1.29, 1.82) is 0 Å². The van der Waals surface area contributed by atoms with E-state index >= 15 is 0 Å². The Morgan fingerprint density at radius 3 is 2.85 bits per heavy atom. The molecule has 0 spiro atoms. The number of carbonyl (C=O) groups excluding carboxylic acids is 1. The summed E-state index contributed by atoms with van der Waals surface area (Å²) in [5.41, 5.74) is 0. The third-order valence-corrected chi connectivity index (χ3v) is 4.12. The van der Waals surface area contributed by atoms with Gasteiger partial charge in [-0.25, -0.2) is 0 Å². The van der Waals surface area contributed by atoms with Crippen LogP contribution in [0, 0.1) is 11.8 Å². The lowest BCUT2D eigenvalue weighted by Gasteiger charge is -2.32. The quantitative estimate of drug-likeness (QED) is 0.834. The van der Waals surface area contributed by atoms with Gasteiger partial charge in [0.25, 0.3) is 0 Å². The van der Waals surface area contributed by atoms with Crippen LogP contribution >= 0.6 is 15.9 Å². The van der Waals surface area contributed by atoms with Crippen LogP contribution in [-0.4, -0.2) is 31.6 Å². The maximum Gasteiger partial charge on any atom is 0.223 e. The smallest absolute Gasteiger partial charge is 0.223 e. The van der Waals surface area contributed by atoms with E-state index in [2.05, 4.69) is 26.6 Å². The second kappa shape index (κ2) is 7.09. The highest BCUT2D eigenvalue weighted by Gasteiger charge is 2.28. The Balaban J connectivity index is 1.74. The van der Waals surface area contributed by atoms with Crippen LogP contribution in [0.4, 0.5) is 0 Å². The molecule has 1 aromatic carbocycles. The zero-order valence-corrected chi connectivity index (χ0v) is 13.4. The van der Waals surface area contributed by atoms with Gasteiger partial charge in [0.2, 0.25) is 5.91 Å². The van der Waals surface area contributed by atoms with Crippen LogP contribution in [0.1, 0.15) is 13.8 Å². The highest BCUT2D eigenvalue weighted by molar-refractivity contribution is 9.10. The minimum Gasteiger partial charge on any atom is -0.489 e. The topological polar surface area (TPSA) is 50.4 Å². The van der Waals surface area contributed by atoms with Crippen molar-refractivity contribution in [3.05, 3.63) is 28.7 Å². The fourth-order valence-electron chi connectivity index (χ4n) is 2.10. The van der Waals surface area contributed by atoms with Crippen LogP contribution in [0.2, 0.25) is 0 Å². The Labute approximate surface area is 128 Å². The molecule has 2 unspecified atom stereocenters. The molecule has 0 bridgehead atoms. The van der Waals surface area contributed by atoms with E-state index in [0.29, 0.717) is 12.5 Å². The predicted molar refractivity (Wildman–Crippen MR) is 82.8 cm³/mol. The molecule has 4 nitrogen and oxygen atoms in total. The molecule has 110 valence electrons. The fourth-order valence-corrected chi connectivity index (χ4v) is 2.48. The summed E-state index contributed by atoms with van der Waals surface area (Å²) in [6.07, 6.45) is -0.0556. The van der Waals surface area contributed by atoms with Crippen molar-refractivity contribution in [2.75, 3.05) is 19.6 Å². The lowest BCUT2D eigenvalue weighted by molar-refractivity contribution is -0.127. The molecule has 2 atom stereocenters. The largest absolute Gasteiger partial charge is 0.489 e. The van der Waals surface area contributed by atoms with Crippen molar-refractivity contribution in [1.82, 2.24) is 10.6 Å². The van der Waals surface area contributed by atoms with Crippen LogP contribution in [0.25, 0.3) is 0 Å². The second-order valence-corrected chi connectivity index (χ2v) is 6.25. The molecule has 0 radical (unpaired) electrons. The summed E-state index contributed by atoms with van der Waals surface area (Å²) >= 11 is 3.41. The van der Waals surface area contributed by atoms with Crippen LogP contribution in [0.15, 0.2) is 28.7 Å². The third kappa shape index (κ3) is 4.21. The molecule has 2 rings (SSSR count). The zero-order valence-electron chi connectivity index (χ0n) is 11.9. The van der Waals surface area contributed by atoms with Gasteiger partial charge in [-0.1, -0.05) is 28.9 Å². The molecule has 1 fully saturated rings. The summed E-state index contributed by atoms with van der Waals surface area (Å²) in [4.78, 5) is 12.0. The SMILES string of the molecule is CC(CNC(=O)C(C)C1CNC1)Oc1cccc(Br)c1. The monoisotopic (exact) mass is 340 g/mol. The molecule has 1 aliphatic rings. The van der Waals surface area contributed by atoms with E-state index in [9.17, 15) is 4.79 Å². The van der Waals surface area contributed by atoms with Crippen LogP contribution < -0.4 is 15.4 Å². The first-order chi connectivity index (χ1) is 9.56. The first-order valence-corrected chi connectivity index (χ1v) is 7.76. The molecule has 1 aliphatic heterocycles. The molecular formula is C15H21BrN2O2. The standard InChI is InChI=1S/C15H21BrN2O2/c1-10(20-14-5-3-4-13(16)6-14)7-18-15(19)11(2)12-8-17-9-12/h3-6,10-12,17H,7-9H2,1-2H3,(H,18,19). The third-order valence-electron chi connectivity index (χ3n) is 3.63. The highest BCUT2D eigenvalue weighted by atomic mass is 79.9. The number of ether oxygens (including phenoxy) is 1. The van der Waals surface area contributed by atoms with Crippen molar-refractivity contribution in [2.45, 2.75) is 20.0 Å². The van der Waals surface area contributed by atoms with Gasteiger partial charge in [0.05, 0.1) is 6.54 Å². The first-order valence-electron chi connectivity index (χ1n) is 6.97. The average Bonchev–Trinajstić information content (AvgIpc) is 2.33. The summed E-state index contributed by atoms with van der Waals surface area (Å²) in [6.45, 7) is 6.35. The number of benzene rings is 1. The molecular weight excluding hydrogens is 320 g/mol. The summed E-state index contributed by atoms with van der Waals surface area (Å²) < 4.78 is 6.75. The maximum absolute atomic E-state index is 12.0. The summed E-state index contributed by atoms with van der Waals surface area (Å²) in [5.74, 6) is 1.45. The molecule has 2 N–H and O–H groups in total. The fraction of sp³-hybridized carbons (Fsp3) is 0.533. The van der Waals surface area contributed by atoms with Crippen LogP contribution in [0.3, 0.4) is 0 Å². The Hall–Kier alpha value is -1.07. The van der Waals surface area contributed by atoms with Crippen molar-refractivity contribution in [3.8, 4) is 5.75 Å². The van der Waals surface area contributed by atoms with Crippen LogP contribution in [0.5, 0.6) is 5.75 Å². The van der Waals surface area contributed by atoms with Crippen LogP contribution in [-0.2, 0) is 4.79 Å². The number of amides is 1. The number of nitrogens with one attached hydrogen (secondary N) is 2. The molecule has 20 heavy (non-hydrogen) atoms. The minimum atomic E-state index is -0.0556. The molecule has 1 aromatic rings. The molecule has 1 amide bonds. The van der Waals surface area contributed by atoms with Gasteiger partial charge < -0.3 is 15.4 Å². The van der Waals surface area contributed by atoms with Crippen molar-refractivity contribution < 1.29 is 9.53 Å². The van der Waals surface area contributed by atoms with Gasteiger partial charge in [0.15, 0.2) is 0 Å². The molecule has 5 heteroatoms. The van der Waals surface area contributed by atoms with E-state index in [1.807, 2.05) is 38.1 Å². The number of hydrogen-bond donors (Lipinski definition) is 2. The van der Waals surface area contributed by atoms with E-state index in [-0.39, 0.29) is 17.9 Å². The van der Waals surface area contributed by atoms with E-state index in [1.165, 1.54) is 0 Å². The molecule has 0 aromatic heterocycles. The van der Waals surface area contributed by atoms with Gasteiger partial charge in [-0.05, 0) is 44.1 Å². The number of hydrogen-bond acceptors (Lipinski definition) is 3. The highest BCUT2D eigenvalue weighted by Crippen LogP contribution is 2.19. The van der Waals surface area contributed by atoms with Crippen molar-refractivity contribution >= 4 is 21.8 Å². The number of halogens is 1. The van der Waals surface area contributed by atoms with Gasteiger partial charge in [-0.3, -0.25) is 4.79 Å². The lowest BCUT2D eigenvalue weighted by Crippen LogP contribution is -2.50. The second-order valence-electron chi connectivity index (χ2n) is 5.34. The van der Waals surface area contributed by atoms with Gasteiger partial charge in [0.1, 0.15) is 11.9 Å². The molecule has 1 heterocycles. The number of rotatable bonds is 6. The summed E-state index contributed by atoms with van der Waals surface area (Å²) in [5, 5.41) is 6.15. The maximum atomic E-state index is 12.0. The predicted octanol–water partition coefficient (Wildman–Crippen LogP) is 2.19. The Morgan fingerprint density at radius 1 is 1.50 bits per heavy atom. The van der Waals surface area contributed by atoms with Crippen molar-refractivity contribution in [3.63, 3.8) is 0 Å². The normalized spacial score (nSPS) is 17.9. The van der Waals surface area contributed by atoms with E-state index in [0.717, 1.165) is 23.3 Å². The Bertz CT molecular complexity index is 463. The Morgan fingerprint density at radius 2 is 2.25 bits per heavy atom. The summed E-state index contributed by atoms with van der Waals surface area (Å²) in [7, 11) is 0. The lowest BCUT2D eigenvalue weighted by atomic mass is 9.88. The van der Waals surface area contributed by atoms with Gasteiger partial charge in [-0.2, -0.15) is 0 Å². The molecule has 0 saturated carbocycles. The molecule has 0 aliphatic carbocycles. The minimum absolute atomic E-state index is 0.0556.